The van der Waals surface area contributed by atoms with E-state index in [1.54, 1.807) is 12.3 Å². The predicted octanol–water partition coefficient (Wildman–Crippen LogP) is 3.43. The van der Waals surface area contributed by atoms with Gasteiger partial charge >= 0.3 is 6.18 Å². The van der Waals surface area contributed by atoms with E-state index in [1.165, 1.54) is 22.8 Å². The van der Waals surface area contributed by atoms with Crippen molar-refractivity contribution < 1.29 is 17.4 Å². The monoisotopic (exact) mass is 410 g/mol. The minimum Gasteiger partial charge on any atom is -0.384 e. The third kappa shape index (κ3) is 4.89. The van der Waals surface area contributed by atoms with Gasteiger partial charge in [0.25, 0.3) is 0 Å². The lowest BCUT2D eigenvalue weighted by molar-refractivity contribution is -0.137. The molecular weight excluding hydrogens is 389 g/mol. The fourth-order valence-electron chi connectivity index (χ4n) is 3.08. The molecule has 1 fully saturated rings. The number of benzene rings is 1. The standard InChI is InChI=1S/C19H21F3N4OS/c20-19(21,22)15-3-1-2-14(10-15)18(24)26-12-16(4-5-17(26)23)25-11-13-6-8-28(27)9-7-13/h1-5,10,12-13,23-25H,6-9,11H2. The maximum Gasteiger partial charge on any atom is 0.416 e. The number of alkyl halides is 3. The number of hydrogen-bond donors (Lipinski definition) is 3. The largest absolute Gasteiger partial charge is 0.416 e. The topological polar surface area (TPSA) is 81.7 Å². The van der Waals surface area contributed by atoms with E-state index in [9.17, 15) is 17.4 Å². The third-order valence-electron chi connectivity index (χ3n) is 4.76. The van der Waals surface area contributed by atoms with Gasteiger partial charge in [-0.25, -0.2) is 0 Å². The van der Waals surface area contributed by atoms with Crippen molar-refractivity contribution in [3.63, 3.8) is 0 Å². The van der Waals surface area contributed by atoms with Gasteiger partial charge in [-0.05, 0) is 43.0 Å². The molecule has 1 saturated heterocycles. The first-order chi connectivity index (χ1) is 13.2. The molecule has 3 rings (SSSR count). The maximum atomic E-state index is 12.9. The lowest BCUT2D eigenvalue weighted by Gasteiger charge is -2.22. The van der Waals surface area contributed by atoms with Crippen LogP contribution in [-0.4, -0.2) is 32.7 Å². The summed E-state index contributed by atoms with van der Waals surface area (Å²) < 4.78 is 51.5. The van der Waals surface area contributed by atoms with Gasteiger partial charge in [0, 0.05) is 40.6 Å². The highest BCUT2D eigenvalue weighted by atomic mass is 32.2. The van der Waals surface area contributed by atoms with Gasteiger partial charge in [-0.3, -0.25) is 19.6 Å². The van der Waals surface area contributed by atoms with Gasteiger partial charge in [-0.1, -0.05) is 12.1 Å². The molecule has 0 radical (unpaired) electrons. The number of aromatic nitrogens is 1. The van der Waals surface area contributed by atoms with Gasteiger partial charge in [0.15, 0.2) is 0 Å². The Balaban J connectivity index is 1.77. The molecule has 150 valence electrons. The second-order valence-electron chi connectivity index (χ2n) is 6.77. The summed E-state index contributed by atoms with van der Waals surface area (Å²) in [4.78, 5) is 0. The van der Waals surface area contributed by atoms with Crippen LogP contribution in [0, 0.1) is 16.7 Å². The molecule has 5 nitrogen and oxygen atoms in total. The van der Waals surface area contributed by atoms with Crippen LogP contribution in [0.2, 0.25) is 0 Å². The lowest BCUT2D eigenvalue weighted by Crippen LogP contribution is -2.28. The van der Waals surface area contributed by atoms with Gasteiger partial charge in [-0.15, -0.1) is 0 Å². The summed E-state index contributed by atoms with van der Waals surface area (Å²) in [7, 11) is -0.716. The zero-order valence-corrected chi connectivity index (χ0v) is 15.9. The van der Waals surface area contributed by atoms with E-state index in [1.807, 2.05) is 0 Å². The summed E-state index contributed by atoms with van der Waals surface area (Å²) in [5, 5.41) is 19.5. The maximum absolute atomic E-state index is 12.9. The molecule has 9 heteroatoms. The second-order valence-corrected chi connectivity index (χ2v) is 8.47. The zero-order valence-electron chi connectivity index (χ0n) is 15.1. The Morgan fingerprint density at radius 3 is 2.61 bits per heavy atom. The molecule has 0 saturated carbocycles. The Hall–Kier alpha value is -2.42. The number of pyridine rings is 1. The Morgan fingerprint density at radius 2 is 1.93 bits per heavy atom. The first-order valence-corrected chi connectivity index (χ1v) is 10.4. The van der Waals surface area contributed by atoms with Crippen molar-refractivity contribution >= 4 is 22.3 Å². The normalized spacial score (nSPS) is 20.0. The smallest absolute Gasteiger partial charge is 0.384 e. The fraction of sp³-hybridized carbons (Fsp3) is 0.368. The number of nitrogens with zero attached hydrogens (tertiary/aromatic N) is 1. The van der Waals surface area contributed by atoms with Crippen LogP contribution in [0.15, 0.2) is 42.6 Å². The lowest BCUT2D eigenvalue weighted by atomic mass is 10.0. The molecule has 1 aliphatic rings. The molecule has 0 spiro atoms. The van der Waals surface area contributed by atoms with Crippen LogP contribution in [-0.2, 0) is 17.0 Å². The van der Waals surface area contributed by atoms with Crippen LogP contribution in [0.4, 0.5) is 18.9 Å². The number of anilines is 1. The van der Waals surface area contributed by atoms with Gasteiger partial charge in [0.1, 0.15) is 11.3 Å². The Kier molecular flexibility index (Phi) is 6.02. The van der Waals surface area contributed by atoms with Crippen LogP contribution < -0.4 is 10.8 Å². The van der Waals surface area contributed by atoms with E-state index in [4.69, 9.17) is 10.8 Å². The SMILES string of the molecule is N=C(c1cccc(C(F)(F)F)c1)n1cc(NCC2CCS(=O)CC2)ccc1=N. The third-order valence-corrected chi connectivity index (χ3v) is 6.14. The molecule has 0 amide bonds. The molecule has 0 unspecified atom stereocenters. The minimum absolute atomic E-state index is 0.000949. The number of nitrogens with one attached hydrogen (secondary N) is 3. The van der Waals surface area contributed by atoms with E-state index in [0.29, 0.717) is 29.7 Å². The number of rotatable bonds is 4. The molecule has 1 aliphatic heterocycles. The van der Waals surface area contributed by atoms with E-state index in [2.05, 4.69) is 5.32 Å². The minimum atomic E-state index is -4.49. The van der Waals surface area contributed by atoms with E-state index in [-0.39, 0.29) is 16.9 Å². The highest BCUT2D eigenvalue weighted by molar-refractivity contribution is 7.85. The van der Waals surface area contributed by atoms with Crippen molar-refractivity contribution in [3.8, 4) is 0 Å². The highest BCUT2D eigenvalue weighted by Gasteiger charge is 2.30. The second kappa shape index (κ2) is 8.30. The number of halogens is 3. The molecule has 0 atom stereocenters. The van der Waals surface area contributed by atoms with E-state index >= 15 is 0 Å². The van der Waals surface area contributed by atoms with Crippen LogP contribution in [0.1, 0.15) is 24.0 Å². The molecule has 28 heavy (non-hydrogen) atoms. The molecular formula is C19H21F3N4OS. The first-order valence-electron chi connectivity index (χ1n) is 8.87. The molecule has 0 aliphatic carbocycles. The van der Waals surface area contributed by atoms with Crippen molar-refractivity contribution in [2.24, 2.45) is 5.92 Å². The van der Waals surface area contributed by atoms with Crippen molar-refractivity contribution in [2.75, 3.05) is 23.4 Å². The molecule has 3 N–H and O–H groups in total. The molecule has 2 heterocycles. The van der Waals surface area contributed by atoms with Gasteiger partial charge < -0.3 is 5.32 Å². The molecule has 0 bridgehead atoms. The zero-order chi connectivity index (χ0) is 20.3. The molecule has 1 aromatic heterocycles. The summed E-state index contributed by atoms with van der Waals surface area (Å²) in [5.74, 6) is 1.62. The van der Waals surface area contributed by atoms with Gasteiger partial charge in [0.05, 0.1) is 11.3 Å². The Bertz CT molecular complexity index is 945. The van der Waals surface area contributed by atoms with E-state index in [0.717, 1.165) is 25.0 Å². The van der Waals surface area contributed by atoms with Gasteiger partial charge in [0.2, 0.25) is 0 Å². The molecule has 2 aromatic rings. The van der Waals surface area contributed by atoms with Crippen LogP contribution in [0.25, 0.3) is 0 Å². The van der Waals surface area contributed by atoms with Crippen molar-refractivity contribution in [3.05, 3.63) is 59.2 Å². The summed E-state index contributed by atoms with van der Waals surface area (Å²) >= 11 is 0. The average Bonchev–Trinajstić information content (AvgIpc) is 2.67. The van der Waals surface area contributed by atoms with Crippen LogP contribution in [0.5, 0.6) is 0 Å². The number of hydrogen-bond acceptors (Lipinski definition) is 4. The summed E-state index contributed by atoms with van der Waals surface area (Å²) in [6.07, 6.45) is -1.17. The summed E-state index contributed by atoms with van der Waals surface area (Å²) in [5.41, 5.74) is -0.0634. The van der Waals surface area contributed by atoms with Crippen molar-refractivity contribution in [1.82, 2.24) is 4.57 Å². The van der Waals surface area contributed by atoms with Crippen molar-refractivity contribution in [2.45, 2.75) is 19.0 Å². The fourth-order valence-corrected chi connectivity index (χ4v) is 4.48. The first kappa shape index (κ1) is 20.3. The predicted molar refractivity (Wildman–Crippen MR) is 103 cm³/mol. The van der Waals surface area contributed by atoms with Crippen LogP contribution in [0.3, 0.4) is 0 Å². The highest BCUT2D eigenvalue weighted by Crippen LogP contribution is 2.29. The Morgan fingerprint density at radius 1 is 1.21 bits per heavy atom. The van der Waals surface area contributed by atoms with E-state index < -0.39 is 22.5 Å². The quantitative estimate of drug-likeness (QED) is 0.533. The van der Waals surface area contributed by atoms with Crippen LogP contribution >= 0.6 is 0 Å². The Labute approximate surface area is 163 Å². The summed E-state index contributed by atoms with van der Waals surface area (Å²) in [6, 6.07) is 7.76. The average molecular weight is 410 g/mol. The summed E-state index contributed by atoms with van der Waals surface area (Å²) in [6.45, 7) is 0.686. The van der Waals surface area contributed by atoms with Crippen molar-refractivity contribution in [1.29, 1.82) is 10.8 Å². The van der Waals surface area contributed by atoms with Gasteiger partial charge in [-0.2, -0.15) is 13.2 Å². The molecule has 1 aromatic carbocycles.